The van der Waals surface area contributed by atoms with Gasteiger partial charge in [-0.1, -0.05) is 11.3 Å². The van der Waals surface area contributed by atoms with Gasteiger partial charge < -0.3 is 4.42 Å². The molecule has 0 spiro atoms. The van der Waals surface area contributed by atoms with Gasteiger partial charge in [0, 0.05) is 12.0 Å². The first kappa shape index (κ1) is 20.3. The van der Waals surface area contributed by atoms with Crippen LogP contribution in [0.3, 0.4) is 0 Å². The predicted octanol–water partition coefficient (Wildman–Crippen LogP) is 5.15. The molecule has 0 bridgehead atoms. The van der Waals surface area contributed by atoms with E-state index in [0.717, 1.165) is 34.4 Å². The zero-order valence-corrected chi connectivity index (χ0v) is 17.5. The SMILES string of the molecule is Cc1ccc2c(c1)-n1nncc1Cc1c(-c3nc(-c4ccc(F)c(C(F)(F)F)c4)co3)ncn1-2. The van der Waals surface area contributed by atoms with Gasteiger partial charge in [-0.2, -0.15) is 13.2 Å². The maximum Gasteiger partial charge on any atom is 0.419 e. The van der Waals surface area contributed by atoms with Crippen molar-refractivity contribution in [3.8, 4) is 34.2 Å². The highest BCUT2D eigenvalue weighted by Gasteiger charge is 2.34. The van der Waals surface area contributed by atoms with Crippen LogP contribution >= 0.6 is 0 Å². The minimum Gasteiger partial charge on any atom is -0.443 e. The van der Waals surface area contributed by atoms with E-state index in [-0.39, 0.29) is 17.1 Å². The molecule has 11 heteroatoms. The number of fused-ring (bicyclic) bond motifs is 5. The second kappa shape index (κ2) is 7.11. The molecule has 0 atom stereocenters. The lowest BCUT2D eigenvalue weighted by molar-refractivity contribution is -0.139. The number of imidazole rings is 1. The monoisotopic (exact) mass is 466 g/mol. The molecule has 0 aliphatic carbocycles. The maximum atomic E-state index is 13.7. The third-order valence-corrected chi connectivity index (χ3v) is 5.73. The summed E-state index contributed by atoms with van der Waals surface area (Å²) in [5, 5.41) is 8.25. The third-order valence-electron chi connectivity index (χ3n) is 5.73. The molecule has 0 saturated heterocycles. The van der Waals surface area contributed by atoms with Crippen LogP contribution in [0.25, 0.3) is 34.2 Å². The van der Waals surface area contributed by atoms with Crippen molar-refractivity contribution in [3.05, 3.63) is 83.5 Å². The van der Waals surface area contributed by atoms with Gasteiger partial charge in [0.15, 0.2) is 0 Å². The number of aryl methyl sites for hydroxylation is 1. The largest absolute Gasteiger partial charge is 0.443 e. The van der Waals surface area contributed by atoms with Crippen LogP contribution < -0.4 is 0 Å². The summed E-state index contributed by atoms with van der Waals surface area (Å²) in [6.07, 6.45) is 0.131. The van der Waals surface area contributed by atoms with E-state index in [4.69, 9.17) is 4.42 Å². The lowest BCUT2D eigenvalue weighted by Crippen LogP contribution is -2.08. The number of nitrogens with zero attached hydrogens (tertiary/aromatic N) is 6. The Hall–Kier alpha value is -4.28. The minimum absolute atomic E-state index is 0.0807. The molecular weight excluding hydrogens is 452 g/mol. The summed E-state index contributed by atoms with van der Waals surface area (Å²) in [6.45, 7) is 1.98. The average molecular weight is 466 g/mol. The van der Waals surface area contributed by atoms with Gasteiger partial charge in [-0.05, 0) is 42.8 Å². The number of aromatic nitrogens is 6. The summed E-state index contributed by atoms with van der Waals surface area (Å²) in [6, 6.07) is 8.63. The maximum absolute atomic E-state index is 13.7. The first-order chi connectivity index (χ1) is 16.3. The Labute approximate surface area is 189 Å². The van der Waals surface area contributed by atoms with E-state index >= 15 is 0 Å². The number of halogens is 4. The molecule has 7 nitrogen and oxygen atoms in total. The van der Waals surface area contributed by atoms with Gasteiger partial charge in [-0.15, -0.1) is 5.10 Å². The van der Waals surface area contributed by atoms with Crippen LogP contribution in [0.4, 0.5) is 17.6 Å². The molecule has 0 radical (unpaired) electrons. The van der Waals surface area contributed by atoms with Crippen LogP contribution in [-0.2, 0) is 12.6 Å². The Kier molecular flexibility index (Phi) is 4.25. The quantitative estimate of drug-likeness (QED) is 0.330. The highest BCUT2D eigenvalue weighted by molar-refractivity contribution is 5.65. The van der Waals surface area contributed by atoms with Gasteiger partial charge >= 0.3 is 6.18 Å². The van der Waals surface area contributed by atoms with E-state index in [9.17, 15) is 17.6 Å². The number of rotatable bonds is 2. The molecule has 2 aromatic carbocycles. The summed E-state index contributed by atoms with van der Waals surface area (Å²) >= 11 is 0. The first-order valence-corrected chi connectivity index (χ1v) is 10.2. The standard InChI is InChI=1S/C23H14F4N6O/c1-12-2-5-18-19(6-12)33-14(9-29-31-33)8-20-21(28-11-32(18)20)22-30-17(10-34-22)13-3-4-16(24)15(7-13)23(25,26)27/h2-7,9-11H,8H2,1H3. The molecule has 170 valence electrons. The topological polar surface area (TPSA) is 74.6 Å². The molecule has 4 heterocycles. The number of oxazole rings is 1. The Bertz CT molecular complexity index is 1560. The molecule has 1 aliphatic rings. The summed E-state index contributed by atoms with van der Waals surface area (Å²) in [5.41, 5.74) is 3.61. The Morgan fingerprint density at radius 1 is 1.06 bits per heavy atom. The highest BCUT2D eigenvalue weighted by atomic mass is 19.4. The summed E-state index contributed by atoms with van der Waals surface area (Å²) in [7, 11) is 0. The normalized spacial score (nSPS) is 12.7. The van der Waals surface area contributed by atoms with Crippen LogP contribution in [0.5, 0.6) is 0 Å². The molecule has 0 amide bonds. The predicted molar refractivity (Wildman–Crippen MR) is 112 cm³/mol. The molecule has 3 aromatic heterocycles. The highest BCUT2D eigenvalue weighted by Crippen LogP contribution is 2.36. The lowest BCUT2D eigenvalue weighted by atomic mass is 10.1. The summed E-state index contributed by atoms with van der Waals surface area (Å²) in [5.74, 6) is -1.21. The fourth-order valence-corrected chi connectivity index (χ4v) is 4.10. The van der Waals surface area contributed by atoms with Crippen molar-refractivity contribution in [3.63, 3.8) is 0 Å². The van der Waals surface area contributed by atoms with Crippen LogP contribution in [0.2, 0.25) is 0 Å². The van der Waals surface area contributed by atoms with Crippen molar-refractivity contribution < 1.29 is 22.0 Å². The Morgan fingerprint density at radius 3 is 2.74 bits per heavy atom. The number of hydrogen-bond acceptors (Lipinski definition) is 5. The minimum atomic E-state index is -4.82. The smallest absolute Gasteiger partial charge is 0.419 e. The summed E-state index contributed by atoms with van der Waals surface area (Å²) < 4.78 is 62.4. The molecule has 0 fully saturated rings. The molecule has 0 unspecified atom stereocenters. The van der Waals surface area contributed by atoms with Crippen molar-refractivity contribution in [1.29, 1.82) is 0 Å². The van der Waals surface area contributed by atoms with Gasteiger partial charge in [-0.3, -0.25) is 4.57 Å². The molecule has 0 saturated carbocycles. The Morgan fingerprint density at radius 2 is 1.91 bits per heavy atom. The van der Waals surface area contributed by atoms with E-state index in [1.54, 1.807) is 17.2 Å². The first-order valence-electron chi connectivity index (χ1n) is 10.2. The fraction of sp³-hybridized carbons (Fsp3) is 0.130. The van der Waals surface area contributed by atoms with Crippen molar-refractivity contribution in [2.75, 3.05) is 0 Å². The number of alkyl halides is 3. The summed E-state index contributed by atoms with van der Waals surface area (Å²) in [4.78, 5) is 8.84. The van der Waals surface area contributed by atoms with Gasteiger partial charge in [-0.25, -0.2) is 19.0 Å². The van der Waals surface area contributed by atoms with Crippen molar-refractivity contribution >= 4 is 0 Å². The van der Waals surface area contributed by atoms with Crippen molar-refractivity contribution in [2.24, 2.45) is 0 Å². The van der Waals surface area contributed by atoms with Gasteiger partial charge in [0.1, 0.15) is 29.8 Å². The molecule has 1 aliphatic heterocycles. The lowest BCUT2D eigenvalue weighted by Gasteiger charge is -2.10. The van der Waals surface area contributed by atoms with Crippen LogP contribution in [0.15, 0.2) is 59.6 Å². The van der Waals surface area contributed by atoms with E-state index in [2.05, 4.69) is 20.3 Å². The third kappa shape index (κ3) is 3.11. The van der Waals surface area contributed by atoms with Crippen LogP contribution in [-0.4, -0.2) is 29.5 Å². The van der Waals surface area contributed by atoms with E-state index in [0.29, 0.717) is 18.2 Å². The number of hydrogen-bond donors (Lipinski definition) is 0. The van der Waals surface area contributed by atoms with Crippen molar-refractivity contribution in [2.45, 2.75) is 19.5 Å². The van der Waals surface area contributed by atoms with Gasteiger partial charge in [0.05, 0.1) is 34.5 Å². The fourth-order valence-electron chi connectivity index (χ4n) is 4.10. The van der Waals surface area contributed by atoms with Crippen molar-refractivity contribution in [1.82, 2.24) is 29.5 Å². The zero-order chi connectivity index (χ0) is 23.6. The van der Waals surface area contributed by atoms with Gasteiger partial charge in [0.2, 0.25) is 5.89 Å². The Balaban J connectivity index is 1.46. The molecule has 5 aromatic rings. The van der Waals surface area contributed by atoms with E-state index in [1.807, 2.05) is 29.7 Å². The number of benzene rings is 2. The zero-order valence-electron chi connectivity index (χ0n) is 17.5. The second-order valence-corrected chi connectivity index (χ2v) is 7.95. The van der Waals surface area contributed by atoms with Crippen LogP contribution in [0.1, 0.15) is 22.5 Å². The second-order valence-electron chi connectivity index (χ2n) is 7.95. The van der Waals surface area contributed by atoms with E-state index < -0.39 is 17.6 Å². The van der Waals surface area contributed by atoms with E-state index in [1.165, 1.54) is 12.3 Å². The average Bonchev–Trinajstić information content (AvgIpc) is 3.52. The molecule has 0 N–H and O–H groups in total. The molecule has 34 heavy (non-hydrogen) atoms. The van der Waals surface area contributed by atoms with Gasteiger partial charge in [0.25, 0.3) is 0 Å². The molecule has 6 rings (SSSR count). The molecular formula is C23H14F4N6O. The van der Waals surface area contributed by atoms with Crippen LogP contribution in [0, 0.1) is 12.7 Å².